The summed E-state index contributed by atoms with van der Waals surface area (Å²) in [5.74, 6) is 0.205. The second kappa shape index (κ2) is 5.97. The SMILES string of the molecule is CC(C)C[C@@H](C=O)NC(=O)c1cc2ccccc2s1. The Morgan fingerprint density at radius 3 is 2.74 bits per heavy atom. The summed E-state index contributed by atoms with van der Waals surface area (Å²) < 4.78 is 1.08. The van der Waals surface area contributed by atoms with Gasteiger partial charge in [0.2, 0.25) is 0 Å². The average Bonchev–Trinajstić information content (AvgIpc) is 2.81. The van der Waals surface area contributed by atoms with Crippen molar-refractivity contribution in [2.75, 3.05) is 0 Å². The second-order valence-corrected chi connectivity index (χ2v) is 6.08. The summed E-state index contributed by atoms with van der Waals surface area (Å²) in [6, 6.07) is 9.33. The highest BCUT2D eigenvalue weighted by Gasteiger charge is 2.16. The van der Waals surface area contributed by atoms with E-state index >= 15 is 0 Å². The van der Waals surface area contributed by atoms with Gasteiger partial charge < -0.3 is 10.1 Å². The number of hydrogen-bond donors (Lipinski definition) is 1. The molecule has 0 saturated heterocycles. The van der Waals surface area contributed by atoms with Gasteiger partial charge in [-0.2, -0.15) is 0 Å². The van der Waals surface area contributed by atoms with Crippen molar-refractivity contribution in [2.24, 2.45) is 5.92 Å². The Labute approximate surface area is 116 Å². The fourth-order valence-corrected chi connectivity index (χ4v) is 2.96. The molecule has 2 rings (SSSR count). The van der Waals surface area contributed by atoms with Crippen LogP contribution in [0, 0.1) is 5.92 Å². The maximum Gasteiger partial charge on any atom is 0.261 e. The van der Waals surface area contributed by atoms with Crippen molar-refractivity contribution in [3.8, 4) is 0 Å². The van der Waals surface area contributed by atoms with Gasteiger partial charge in [0.05, 0.1) is 10.9 Å². The molecule has 19 heavy (non-hydrogen) atoms. The molecule has 4 heteroatoms. The van der Waals surface area contributed by atoms with E-state index in [0.717, 1.165) is 16.4 Å². The van der Waals surface area contributed by atoms with Gasteiger partial charge in [-0.25, -0.2) is 0 Å². The van der Waals surface area contributed by atoms with Crippen molar-refractivity contribution in [1.29, 1.82) is 0 Å². The Bertz CT molecular complexity index is 556. The zero-order valence-electron chi connectivity index (χ0n) is 11.1. The summed E-state index contributed by atoms with van der Waals surface area (Å²) in [6.45, 7) is 4.06. The number of carbonyl (C=O) groups excluding carboxylic acids is 2. The topological polar surface area (TPSA) is 46.2 Å². The van der Waals surface area contributed by atoms with Gasteiger partial charge in [0.15, 0.2) is 0 Å². The van der Waals surface area contributed by atoms with Gasteiger partial charge in [-0.05, 0) is 29.9 Å². The number of benzene rings is 1. The lowest BCUT2D eigenvalue weighted by molar-refractivity contribution is -0.109. The first kappa shape index (κ1) is 13.7. The number of amides is 1. The van der Waals surface area contributed by atoms with Crippen LogP contribution in [0.3, 0.4) is 0 Å². The van der Waals surface area contributed by atoms with Crippen LogP contribution in [0.4, 0.5) is 0 Å². The molecule has 2 aromatic rings. The predicted molar refractivity (Wildman–Crippen MR) is 78.6 cm³/mol. The lowest BCUT2D eigenvalue weighted by atomic mass is 10.0. The van der Waals surface area contributed by atoms with E-state index in [2.05, 4.69) is 5.32 Å². The quantitative estimate of drug-likeness (QED) is 0.851. The number of fused-ring (bicyclic) bond motifs is 1. The van der Waals surface area contributed by atoms with Crippen LogP contribution in [-0.2, 0) is 4.79 Å². The second-order valence-electron chi connectivity index (χ2n) is 4.99. The Morgan fingerprint density at radius 1 is 1.37 bits per heavy atom. The van der Waals surface area contributed by atoms with E-state index in [9.17, 15) is 9.59 Å². The monoisotopic (exact) mass is 275 g/mol. The molecule has 1 amide bonds. The van der Waals surface area contributed by atoms with E-state index in [0.29, 0.717) is 17.2 Å². The predicted octanol–water partition coefficient (Wildman–Crippen LogP) is 3.24. The third-order valence-corrected chi connectivity index (χ3v) is 3.97. The van der Waals surface area contributed by atoms with Crippen LogP contribution < -0.4 is 5.32 Å². The number of carbonyl (C=O) groups is 2. The van der Waals surface area contributed by atoms with Crippen LogP contribution in [-0.4, -0.2) is 18.2 Å². The van der Waals surface area contributed by atoms with Crippen molar-refractivity contribution in [1.82, 2.24) is 5.32 Å². The van der Waals surface area contributed by atoms with Crippen molar-refractivity contribution in [2.45, 2.75) is 26.3 Å². The largest absolute Gasteiger partial charge is 0.342 e. The van der Waals surface area contributed by atoms with Gasteiger partial charge in [-0.15, -0.1) is 11.3 Å². The van der Waals surface area contributed by atoms with Crippen LogP contribution in [0.15, 0.2) is 30.3 Å². The molecule has 0 saturated carbocycles. The number of rotatable bonds is 5. The molecule has 1 aromatic heterocycles. The number of thiophene rings is 1. The van der Waals surface area contributed by atoms with E-state index in [-0.39, 0.29) is 5.91 Å². The Kier molecular flexibility index (Phi) is 4.32. The van der Waals surface area contributed by atoms with Crippen LogP contribution in [0.25, 0.3) is 10.1 Å². The molecule has 0 spiro atoms. The maximum absolute atomic E-state index is 12.1. The Hall–Kier alpha value is -1.68. The summed E-state index contributed by atoms with van der Waals surface area (Å²) in [4.78, 5) is 23.7. The maximum atomic E-state index is 12.1. The van der Waals surface area contributed by atoms with Crippen molar-refractivity contribution in [3.63, 3.8) is 0 Å². The minimum absolute atomic E-state index is 0.168. The molecular formula is C15H17NO2S. The lowest BCUT2D eigenvalue weighted by Crippen LogP contribution is -2.36. The molecular weight excluding hydrogens is 258 g/mol. The first-order valence-electron chi connectivity index (χ1n) is 6.35. The van der Waals surface area contributed by atoms with Gasteiger partial charge in [-0.1, -0.05) is 32.0 Å². The highest BCUT2D eigenvalue weighted by molar-refractivity contribution is 7.20. The molecule has 100 valence electrons. The molecule has 0 unspecified atom stereocenters. The summed E-state index contributed by atoms with van der Waals surface area (Å²) in [6.07, 6.45) is 1.48. The molecule has 3 nitrogen and oxygen atoms in total. The minimum atomic E-state index is -0.405. The standard InChI is InChI=1S/C15H17NO2S/c1-10(2)7-12(9-17)16-15(18)14-8-11-5-3-4-6-13(11)19-14/h3-6,8-10,12H,7H2,1-2H3,(H,16,18)/t12-/m0/s1. The molecule has 0 radical (unpaired) electrons. The van der Waals surface area contributed by atoms with Crippen LogP contribution in [0.1, 0.15) is 29.9 Å². The van der Waals surface area contributed by atoms with Crippen LogP contribution in [0.5, 0.6) is 0 Å². The molecule has 0 bridgehead atoms. The van der Waals surface area contributed by atoms with Crippen LogP contribution in [0.2, 0.25) is 0 Å². The van der Waals surface area contributed by atoms with Gasteiger partial charge >= 0.3 is 0 Å². The lowest BCUT2D eigenvalue weighted by Gasteiger charge is -2.13. The minimum Gasteiger partial charge on any atom is -0.342 e. The van der Waals surface area contributed by atoms with Crippen molar-refractivity contribution >= 4 is 33.6 Å². The van der Waals surface area contributed by atoms with E-state index in [1.165, 1.54) is 11.3 Å². The molecule has 1 aromatic carbocycles. The Morgan fingerprint density at radius 2 is 2.11 bits per heavy atom. The molecule has 0 aliphatic carbocycles. The molecule has 1 atom stereocenters. The van der Waals surface area contributed by atoms with Crippen LogP contribution >= 0.6 is 11.3 Å². The highest BCUT2D eigenvalue weighted by atomic mass is 32.1. The first-order chi connectivity index (χ1) is 9.10. The number of hydrogen-bond acceptors (Lipinski definition) is 3. The van der Waals surface area contributed by atoms with E-state index in [1.54, 1.807) is 0 Å². The van der Waals surface area contributed by atoms with Crippen molar-refractivity contribution in [3.05, 3.63) is 35.2 Å². The highest BCUT2D eigenvalue weighted by Crippen LogP contribution is 2.25. The third kappa shape index (κ3) is 3.41. The zero-order valence-corrected chi connectivity index (χ0v) is 11.9. The summed E-state index contributed by atoms with van der Waals surface area (Å²) in [5, 5.41) is 3.84. The van der Waals surface area contributed by atoms with E-state index in [4.69, 9.17) is 0 Å². The van der Waals surface area contributed by atoms with E-state index in [1.807, 2.05) is 44.2 Å². The molecule has 1 heterocycles. The van der Waals surface area contributed by atoms with Gasteiger partial charge in [0.1, 0.15) is 6.29 Å². The van der Waals surface area contributed by atoms with Crippen molar-refractivity contribution < 1.29 is 9.59 Å². The van der Waals surface area contributed by atoms with Gasteiger partial charge in [0, 0.05) is 4.70 Å². The fraction of sp³-hybridized carbons (Fsp3) is 0.333. The zero-order chi connectivity index (χ0) is 13.8. The number of nitrogens with one attached hydrogen (secondary N) is 1. The normalized spacial score (nSPS) is 12.6. The van der Waals surface area contributed by atoms with Gasteiger partial charge in [0.25, 0.3) is 5.91 Å². The summed E-state index contributed by atoms with van der Waals surface area (Å²) >= 11 is 1.45. The summed E-state index contributed by atoms with van der Waals surface area (Å²) in [7, 11) is 0. The Balaban J connectivity index is 2.12. The summed E-state index contributed by atoms with van der Waals surface area (Å²) in [5.41, 5.74) is 0. The number of aldehydes is 1. The van der Waals surface area contributed by atoms with E-state index < -0.39 is 6.04 Å². The smallest absolute Gasteiger partial charge is 0.261 e. The third-order valence-electron chi connectivity index (χ3n) is 2.86. The fourth-order valence-electron chi connectivity index (χ4n) is 1.99. The molecule has 0 aliphatic rings. The van der Waals surface area contributed by atoms with Gasteiger partial charge in [-0.3, -0.25) is 4.79 Å². The molecule has 0 fully saturated rings. The molecule has 1 N–H and O–H groups in total. The molecule has 0 aliphatic heterocycles. The first-order valence-corrected chi connectivity index (χ1v) is 7.16. The average molecular weight is 275 g/mol.